The van der Waals surface area contributed by atoms with Crippen LogP contribution in [0.4, 0.5) is 4.79 Å². The first-order chi connectivity index (χ1) is 10.9. The number of carbonyl (C=O) groups is 1. The summed E-state index contributed by atoms with van der Waals surface area (Å²) in [4.78, 5) is 12.0. The summed E-state index contributed by atoms with van der Waals surface area (Å²) < 4.78 is 28.9. The van der Waals surface area contributed by atoms with E-state index in [4.69, 9.17) is 9.88 Å². The average Bonchev–Trinajstić information content (AvgIpc) is 2.40. The Labute approximate surface area is 150 Å². The molecule has 1 aromatic carbocycles. The third-order valence-electron chi connectivity index (χ3n) is 3.09. The Kier molecular flexibility index (Phi) is 7.28. The summed E-state index contributed by atoms with van der Waals surface area (Å²) in [5, 5.41) is 8.80. The zero-order chi connectivity index (χ0) is 18.5. The molecular formula is C16H26N2O4SSe. The number of sulfonamides is 1. The van der Waals surface area contributed by atoms with Crippen LogP contribution in [0.3, 0.4) is 0 Å². The fourth-order valence-corrected chi connectivity index (χ4v) is 4.74. The maximum atomic E-state index is 11.9. The molecule has 1 rings (SSSR count). The van der Waals surface area contributed by atoms with Crippen LogP contribution in [-0.2, 0) is 14.8 Å². The van der Waals surface area contributed by atoms with E-state index in [9.17, 15) is 13.2 Å². The zero-order valence-electron chi connectivity index (χ0n) is 14.7. The third-order valence-corrected chi connectivity index (χ3v) is 6.39. The standard InChI is InChI=1S/C16H26N2O4SSe/c1-11(2)14(18-15(19)22-16(3,4)5)10-24-13-8-6-12(7-9-13)23(17,20)21/h6-9,11,14H,10H2,1-5H3,(H,18,19)(H2,17,20,21)/t14-/m1/s1. The summed E-state index contributed by atoms with van der Waals surface area (Å²) in [6, 6.07) is 6.56. The molecule has 136 valence electrons. The molecule has 24 heavy (non-hydrogen) atoms. The van der Waals surface area contributed by atoms with Gasteiger partial charge in [0.25, 0.3) is 0 Å². The van der Waals surface area contributed by atoms with Crippen LogP contribution >= 0.6 is 0 Å². The maximum absolute atomic E-state index is 11.9. The van der Waals surface area contributed by atoms with Crippen LogP contribution < -0.4 is 14.9 Å². The van der Waals surface area contributed by atoms with Gasteiger partial charge >= 0.3 is 151 Å². The molecule has 1 atom stereocenters. The number of carbonyl (C=O) groups excluding carboxylic acids is 1. The molecule has 1 amide bonds. The van der Waals surface area contributed by atoms with Crippen molar-refractivity contribution < 1.29 is 17.9 Å². The second kappa shape index (κ2) is 8.34. The van der Waals surface area contributed by atoms with Crippen molar-refractivity contribution in [1.82, 2.24) is 5.32 Å². The topological polar surface area (TPSA) is 98.5 Å². The van der Waals surface area contributed by atoms with Gasteiger partial charge in [0.15, 0.2) is 0 Å². The summed E-state index contributed by atoms with van der Waals surface area (Å²) in [6.07, 6.45) is -0.415. The average molecular weight is 421 g/mol. The molecule has 0 heterocycles. The van der Waals surface area contributed by atoms with Gasteiger partial charge in [-0.25, -0.2) is 0 Å². The molecule has 1 aromatic rings. The van der Waals surface area contributed by atoms with Crippen molar-refractivity contribution in [3.63, 3.8) is 0 Å². The number of benzene rings is 1. The van der Waals surface area contributed by atoms with Gasteiger partial charge in [-0.15, -0.1) is 0 Å². The van der Waals surface area contributed by atoms with Crippen molar-refractivity contribution in [2.45, 2.75) is 56.5 Å². The number of nitrogens with two attached hydrogens (primary N) is 1. The van der Waals surface area contributed by atoms with Gasteiger partial charge in [0.05, 0.1) is 0 Å². The van der Waals surface area contributed by atoms with Crippen molar-refractivity contribution in [1.29, 1.82) is 0 Å². The van der Waals surface area contributed by atoms with E-state index in [0.29, 0.717) is 0 Å². The van der Waals surface area contributed by atoms with E-state index in [1.165, 1.54) is 12.1 Å². The second-order valence-electron chi connectivity index (χ2n) is 6.82. The van der Waals surface area contributed by atoms with Crippen LogP contribution in [0.25, 0.3) is 0 Å². The van der Waals surface area contributed by atoms with E-state index in [-0.39, 0.29) is 31.8 Å². The molecule has 0 unspecified atom stereocenters. The van der Waals surface area contributed by atoms with E-state index >= 15 is 0 Å². The molecule has 0 aliphatic rings. The monoisotopic (exact) mass is 422 g/mol. The van der Waals surface area contributed by atoms with Gasteiger partial charge in [0, 0.05) is 0 Å². The Morgan fingerprint density at radius 2 is 1.79 bits per heavy atom. The first-order valence-electron chi connectivity index (χ1n) is 7.63. The van der Waals surface area contributed by atoms with E-state index < -0.39 is 21.7 Å². The van der Waals surface area contributed by atoms with E-state index in [1.807, 2.05) is 34.6 Å². The fourth-order valence-electron chi connectivity index (χ4n) is 1.77. The SMILES string of the molecule is CC(C)[C@@H](C[Se]c1ccc(S(N)(=O)=O)cc1)NC(=O)OC(C)(C)C. The van der Waals surface area contributed by atoms with Crippen molar-refractivity contribution in [2.75, 3.05) is 0 Å². The number of nitrogens with one attached hydrogen (secondary N) is 1. The molecule has 0 aliphatic heterocycles. The minimum absolute atomic E-state index is 0.00207. The number of amides is 1. The molecule has 0 fully saturated rings. The molecular weight excluding hydrogens is 395 g/mol. The Morgan fingerprint density at radius 3 is 2.21 bits per heavy atom. The molecule has 6 nitrogen and oxygen atoms in total. The van der Waals surface area contributed by atoms with Gasteiger partial charge < -0.3 is 0 Å². The van der Waals surface area contributed by atoms with Gasteiger partial charge in [-0.1, -0.05) is 0 Å². The number of alkyl carbamates (subject to hydrolysis) is 1. The number of ether oxygens (including phenoxy) is 1. The summed E-state index contributed by atoms with van der Waals surface area (Å²) in [6.45, 7) is 9.57. The molecule has 0 saturated carbocycles. The molecule has 3 N–H and O–H groups in total. The van der Waals surface area contributed by atoms with Crippen LogP contribution in [0.1, 0.15) is 34.6 Å². The molecule has 0 bridgehead atoms. The summed E-state index contributed by atoms with van der Waals surface area (Å²) in [7, 11) is -3.66. The predicted octanol–water partition coefficient (Wildman–Crippen LogP) is 1.63. The van der Waals surface area contributed by atoms with Gasteiger partial charge in [0.1, 0.15) is 0 Å². The van der Waals surface area contributed by atoms with Crippen molar-refractivity contribution in [3.05, 3.63) is 24.3 Å². The van der Waals surface area contributed by atoms with Gasteiger partial charge in [-0.2, -0.15) is 0 Å². The third kappa shape index (κ3) is 7.66. The van der Waals surface area contributed by atoms with Gasteiger partial charge in [-0.3, -0.25) is 0 Å². The van der Waals surface area contributed by atoms with Crippen molar-refractivity contribution >= 4 is 35.5 Å². The van der Waals surface area contributed by atoms with Crippen LogP contribution in [0.15, 0.2) is 29.2 Å². The van der Waals surface area contributed by atoms with Crippen molar-refractivity contribution in [2.24, 2.45) is 11.1 Å². The van der Waals surface area contributed by atoms with E-state index in [2.05, 4.69) is 5.32 Å². The molecule has 0 aromatic heterocycles. The second-order valence-corrected chi connectivity index (χ2v) is 10.7. The van der Waals surface area contributed by atoms with Crippen LogP contribution in [0, 0.1) is 5.92 Å². The Hall–Kier alpha value is -1.08. The van der Waals surface area contributed by atoms with Crippen LogP contribution in [0.5, 0.6) is 0 Å². The molecule has 0 spiro atoms. The summed E-state index contributed by atoms with van der Waals surface area (Å²) in [5.41, 5.74) is -0.527. The summed E-state index contributed by atoms with van der Waals surface area (Å²) >= 11 is 0.0981. The predicted molar refractivity (Wildman–Crippen MR) is 96.0 cm³/mol. The van der Waals surface area contributed by atoms with Gasteiger partial charge in [-0.05, 0) is 0 Å². The Balaban J connectivity index is 2.65. The van der Waals surface area contributed by atoms with E-state index in [0.717, 1.165) is 9.78 Å². The summed E-state index contributed by atoms with van der Waals surface area (Å²) in [5.74, 6) is 0.267. The van der Waals surface area contributed by atoms with Crippen molar-refractivity contribution in [3.8, 4) is 0 Å². The number of hydrogen-bond donors (Lipinski definition) is 2. The Morgan fingerprint density at radius 1 is 1.25 bits per heavy atom. The van der Waals surface area contributed by atoms with Crippen LogP contribution in [-0.4, -0.2) is 41.1 Å². The molecule has 0 aliphatic carbocycles. The molecule has 0 saturated heterocycles. The first-order valence-corrected chi connectivity index (χ1v) is 11.2. The molecule has 0 radical (unpaired) electrons. The Bertz CT molecular complexity index is 652. The zero-order valence-corrected chi connectivity index (χ0v) is 17.2. The normalized spacial score (nSPS) is 13.6. The first kappa shape index (κ1) is 21.0. The van der Waals surface area contributed by atoms with E-state index in [1.54, 1.807) is 12.1 Å². The minimum atomic E-state index is -3.66. The molecule has 8 heteroatoms. The number of rotatable bonds is 6. The number of hydrogen-bond acceptors (Lipinski definition) is 4. The van der Waals surface area contributed by atoms with Gasteiger partial charge in [0.2, 0.25) is 0 Å². The quantitative estimate of drug-likeness (QED) is 0.682. The van der Waals surface area contributed by atoms with Crippen LogP contribution in [0.2, 0.25) is 5.32 Å². The number of primary sulfonamides is 1. The fraction of sp³-hybridized carbons (Fsp3) is 0.562.